The van der Waals surface area contributed by atoms with Crippen LogP contribution in [-0.4, -0.2) is 24.2 Å². The van der Waals surface area contributed by atoms with Crippen LogP contribution in [0, 0.1) is 0 Å². The van der Waals surface area contributed by atoms with E-state index < -0.39 is 6.09 Å². The van der Waals surface area contributed by atoms with Crippen molar-refractivity contribution in [2.24, 2.45) is 0 Å². The number of aromatic nitrogens is 1. The fraction of sp³-hybridized carbons (Fsp3) is 0.273. The van der Waals surface area contributed by atoms with Crippen LogP contribution in [-0.2, 0) is 4.74 Å². The minimum absolute atomic E-state index is 0.338. The van der Waals surface area contributed by atoms with Crippen LogP contribution in [0.15, 0.2) is 31.0 Å². The Bertz CT molecular complexity index is 349. The van der Waals surface area contributed by atoms with E-state index in [0.717, 1.165) is 5.69 Å². The quantitative estimate of drug-likeness (QED) is 0.748. The van der Waals surface area contributed by atoms with Crippen molar-refractivity contribution in [3.63, 3.8) is 0 Å². The van der Waals surface area contributed by atoms with E-state index in [4.69, 9.17) is 4.74 Å². The predicted octanol–water partition coefficient (Wildman–Crippen LogP) is 2.25. The molecule has 0 saturated heterocycles. The van der Waals surface area contributed by atoms with E-state index in [0.29, 0.717) is 19.0 Å². The van der Waals surface area contributed by atoms with Gasteiger partial charge in [0.15, 0.2) is 0 Å². The molecule has 86 valence electrons. The molecule has 1 heterocycles. The number of hydrogen-bond donors (Lipinski definition) is 2. The summed E-state index contributed by atoms with van der Waals surface area (Å²) in [5.41, 5.74) is 0.870. The summed E-state index contributed by atoms with van der Waals surface area (Å²) in [4.78, 5) is 15.1. The van der Waals surface area contributed by atoms with Crippen LogP contribution in [0.5, 0.6) is 0 Å². The lowest BCUT2D eigenvalue weighted by Crippen LogP contribution is -2.14. The maximum atomic E-state index is 11.1. The van der Waals surface area contributed by atoms with Crippen molar-refractivity contribution in [1.29, 1.82) is 0 Å². The van der Waals surface area contributed by atoms with Crippen LogP contribution in [0.2, 0.25) is 0 Å². The number of nitrogens with zero attached hydrogens (tertiary/aromatic N) is 1. The van der Waals surface area contributed by atoms with Gasteiger partial charge < -0.3 is 10.1 Å². The maximum absolute atomic E-state index is 11.1. The van der Waals surface area contributed by atoms with Crippen molar-refractivity contribution < 1.29 is 9.53 Å². The summed E-state index contributed by atoms with van der Waals surface area (Å²) in [6.07, 6.45) is 2.89. The fourth-order valence-electron chi connectivity index (χ4n) is 1.03. The molecule has 16 heavy (non-hydrogen) atoms. The molecule has 0 aromatic carbocycles. The third-order valence-corrected chi connectivity index (χ3v) is 1.72. The predicted molar refractivity (Wildman–Crippen MR) is 63.6 cm³/mol. The Morgan fingerprint density at radius 2 is 2.44 bits per heavy atom. The van der Waals surface area contributed by atoms with Gasteiger partial charge in [-0.2, -0.15) is 0 Å². The fourth-order valence-corrected chi connectivity index (χ4v) is 1.03. The van der Waals surface area contributed by atoms with Crippen LogP contribution < -0.4 is 10.6 Å². The summed E-state index contributed by atoms with van der Waals surface area (Å²) >= 11 is 0. The number of pyridine rings is 1. The molecule has 0 radical (unpaired) electrons. The number of carbonyl (C=O) groups excluding carboxylic acids is 1. The van der Waals surface area contributed by atoms with E-state index >= 15 is 0 Å². The smallest absolute Gasteiger partial charge is 0.412 e. The first-order valence-corrected chi connectivity index (χ1v) is 5.01. The normalized spacial score (nSPS) is 9.31. The highest BCUT2D eigenvalue weighted by Crippen LogP contribution is 2.09. The van der Waals surface area contributed by atoms with E-state index in [-0.39, 0.29) is 0 Å². The van der Waals surface area contributed by atoms with Crippen molar-refractivity contribution in [1.82, 2.24) is 4.98 Å². The Hall–Kier alpha value is -2.04. The number of nitrogens with one attached hydrogen (secondary N) is 2. The summed E-state index contributed by atoms with van der Waals surface area (Å²) in [5.74, 6) is 0.461. The standard InChI is InChI=1S/C11H15N3O2/c1-3-7-12-9-5-6-10(13-8-9)14-11(15)16-4-2/h3,5-6,8,12H,1,4,7H2,2H3,(H,13,14,15). The van der Waals surface area contributed by atoms with Crippen molar-refractivity contribution in [2.45, 2.75) is 6.92 Å². The molecule has 0 spiro atoms. The first kappa shape index (κ1) is 12.0. The third-order valence-electron chi connectivity index (χ3n) is 1.72. The summed E-state index contributed by atoms with van der Waals surface area (Å²) in [6.45, 7) is 6.35. The molecule has 5 heteroatoms. The van der Waals surface area contributed by atoms with Crippen molar-refractivity contribution in [2.75, 3.05) is 23.8 Å². The average molecular weight is 221 g/mol. The van der Waals surface area contributed by atoms with E-state index in [1.807, 2.05) is 6.07 Å². The van der Waals surface area contributed by atoms with Gasteiger partial charge in [0, 0.05) is 6.54 Å². The molecule has 0 saturated carbocycles. The molecule has 0 aliphatic rings. The molecule has 1 amide bonds. The highest BCUT2D eigenvalue weighted by Gasteiger charge is 2.02. The highest BCUT2D eigenvalue weighted by molar-refractivity contribution is 5.83. The van der Waals surface area contributed by atoms with Gasteiger partial charge in [-0.15, -0.1) is 6.58 Å². The summed E-state index contributed by atoms with van der Waals surface area (Å²) in [7, 11) is 0. The molecular weight excluding hydrogens is 206 g/mol. The number of rotatable bonds is 5. The molecule has 0 unspecified atom stereocenters. The third kappa shape index (κ3) is 4.00. The van der Waals surface area contributed by atoms with Crippen LogP contribution in [0.3, 0.4) is 0 Å². The SMILES string of the molecule is C=CCNc1ccc(NC(=O)OCC)nc1. The van der Waals surface area contributed by atoms with E-state index in [2.05, 4.69) is 22.2 Å². The molecule has 0 fully saturated rings. The lowest BCUT2D eigenvalue weighted by atomic mass is 10.4. The van der Waals surface area contributed by atoms with Gasteiger partial charge >= 0.3 is 6.09 Å². The lowest BCUT2D eigenvalue weighted by Gasteiger charge is -2.06. The molecule has 0 aliphatic heterocycles. The molecule has 5 nitrogen and oxygen atoms in total. The number of carbonyl (C=O) groups is 1. The molecular formula is C11H15N3O2. The maximum Gasteiger partial charge on any atom is 0.412 e. The second-order valence-electron chi connectivity index (χ2n) is 2.95. The van der Waals surface area contributed by atoms with E-state index in [9.17, 15) is 4.79 Å². The number of ether oxygens (including phenoxy) is 1. The zero-order valence-electron chi connectivity index (χ0n) is 9.19. The van der Waals surface area contributed by atoms with Crippen molar-refractivity contribution in [3.05, 3.63) is 31.0 Å². The minimum Gasteiger partial charge on any atom is -0.450 e. The summed E-state index contributed by atoms with van der Waals surface area (Å²) in [6, 6.07) is 3.51. The zero-order chi connectivity index (χ0) is 11.8. The summed E-state index contributed by atoms with van der Waals surface area (Å²) in [5, 5.41) is 5.58. The van der Waals surface area contributed by atoms with Gasteiger partial charge in [-0.05, 0) is 19.1 Å². The second kappa shape index (κ2) is 6.44. The van der Waals surface area contributed by atoms with Crippen molar-refractivity contribution >= 4 is 17.6 Å². The Morgan fingerprint density at radius 3 is 3.00 bits per heavy atom. The Labute approximate surface area is 94.5 Å². The topological polar surface area (TPSA) is 63.2 Å². The van der Waals surface area contributed by atoms with Crippen LogP contribution in [0.25, 0.3) is 0 Å². The molecule has 2 N–H and O–H groups in total. The Kier molecular flexibility index (Phi) is 4.85. The van der Waals surface area contributed by atoms with Gasteiger partial charge in [-0.1, -0.05) is 6.08 Å². The molecule has 0 bridgehead atoms. The van der Waals surface area contributed by atoms with Gasteiger partial charge in [0.2, 0.25) is 0 Å². The van der Waals surface area contributed by atoms with Gasteiger partial charge in [0.25, 0.3) is 0 Å². The van der Waals surface area contributed by atoms with Crippen molar-refractivity contribution in [3.8, 4) is 0 Å². The van der Waals surface area contributed by atoms with E-state index in [1.54, 1.807) is 25.3 Å². The molecule has 1 rings (SSSR count). The van der Waals surface area contributed by atoms with Crippen LogP contribution in [0.4, 0.5) is 16.3 Å². The van der Waals surface area contributed by atoms with Gasteiger partial charge in [0.05, 0.1) is 18.5 Å². The van der Waals surface area contributed by atoms with Gasteiger partial charge in [0.1, 0.15) is 5.82 Å². The first-order chi connectivity index (χ1) is 7.76. The average Bonchev–Trinajstić information content (AvgIpc) is 2.28. The summed E-state index contributed by atoms with van der Waals surface area (Å²) < 4.78 is 4.72. The zero-order valence-corrected chi connectivity index (χ0v) is 9.19. The van der Waals surface area contributed by atoms with Crippen LogP contribution >= 0.6 is 0 Å². The highest BCUT2D eigenvalue weighted by atomic mass is 16.5. The minimum atomic E-state index is -0.498. The first-order valence-electron chi connectivity index (χ1n) is 5.01. The van der Waals surface area contributed by atoms with Gasteiger partial charge in [-0.25, -0.2) is 9.78 Å². The Balaban J connectivity index is 2.50. The number of anilines is 2. The largest absolute Gasteiger partial charge is 0.450 e. The molecule has 0 aliphatic carbocycles. The van der Waals surface area contributed by atoms with E-state index in [1.165, 1.54) is 0 Å². The number of hydrogen-bond acceptors (Lipinski definition) is 4. The van der Waals surface area contributed by atoms with Crippen LogP contribution in [0.1, 0.15) is 6.92 Å². The van der Waals surface area contributed by atoms with Gasteiger partial charge in [-0.3, -0.25) is 5.32 Å². The second-order valence-corrected chi connectivity index (χ2v) is 2.95. The molecule has 1 aromatic heterocycles. The Morgan fingerprint density at radius 1 is 1.62 bits per heavy atom. The number of amides is 1. The monoisotopic (exact) mass is 221 g/mol. The molecule has 1 aromatic rings. The lowest BCUT2D eigenvalue weighted by molar-refractivity contribution is 0.168. The molecule has 0 atom stereocenters.